The maximum Gasteiger partial charge on any atom is 0.225 e. The molecule has 3 aliphatic rings. The van der Waals surface area contributed by atoms with Crippen LogP contribution in [0.1, 0.15) is 44.6 Å². The van der Waals surface area contributed by atoms with Crippen LogP contribution in [0, 0.1) is 10.7 Å². The monoisotopic (exact) mass is 307 g/mol. The van der Waals surface area contributed by atoms with Gasteiger partial charge in [-0.05, 0) is 69.8 Å². The third kappa shape index (κ3) is 2.88. The maximum atomic E-state index is 5.39. The number of hydrogen-bond donors (Lipinski definition) is 1. The van der Waals surface area contributed by atoms with Crippen LogP contribution in [-0.4, -0.2) is 52.4 Å². The first kappa shape index (κ1) is 13.8. The Morgan fingerprint density at radius 2 is 1.76 bits per heavy atom. The fraction of sp³-hybridized carbons (Fsp3) is 0.867. The summed E-state index contributed by atoms with van der Waals surface area (Å²) in [5, 5.41) is 7.48. The van der Waals surface area contributed by atoms with Gasteiger partial charge in [0.1, 0.15) is 0 Å². The molecule has 4 rings (SSSR count). The fourth-order valence-corrected chi connectivity index (χ4v) is 4.10. The molecule has 3 heterocycles. The van der Waals surface area contributed by atoms with Crippen LogP contribution >= 0.6 is 12.2 Å². The summed E-state index contributed by atoms with van der Waals surface area (Å²) in [7, 11) is 0. The van der Waals surface area contributed by atoms with E-state index in [1.807, 2.05) is 0 Å². The highest BCUT2D eigenvalue weighted by atomic mass is 32.1. The molecular formula is C15H25N5S. The van der Waals surface area contributed by atoms with Gasteiger partial charge in [-0.2, -0.15) is 0 Å². The molecule has 2 aliphatic heterocycles. The summed E-state index contributed by atoms with van der Waals surface area (Å²) >= 11 is 5.39. The number of H-pyrrole nitrogens is 1. The summed E-state index contributed by atoms with van der Waals surface area (Å²) in [6.45, 7) is 6.21. The van der Waals surface area contributed by atoms with Crippen LogP contribution in [0.25, 0.3) is 0 Å². The van der Waals surface area contributed by atoms with Gasteiger partial charge in [0.05, 0.1) is 0 Å². The molecule has 0 unspecified atom stereocenters. The highest BCUT2D eigenvalue weighted by Gasteiger charge is 2.31. The Morgan fingerprint density at radius 3 is 2.43 bits per heavy atom. The maximum absolute atomic E-state index is 5.39. The van der Waals surface area contributed by atoms with E-state index in [0.29, 0.717) is 6.04 Å². The molecule has 0 aromatic carbocycles. The minimum absolute atomic E-state index is 0.605. The summed E-state index contributed by atoms with van der Waals surface area (Å²) in [6.07, 6.45) is 7.89. The number of likely N-dealkylation sites (tertiary alicyclic amines) is 1. The van der Waals surface area contributed by atoms with E-state index in [9.17, 15) is 0 Å². The summed E-state index contributed by atoms with van der Waals surface area (Å²) in [5.74, 6) is 1.96. The average molecular weight is 307 g/mol. The van der Waals surface area contributed by atoms with Gasteiger partial charge in [0.15, 0.2) is 4.77 Å². The summed E-state index contributed by atoms with van der Waals surface area (Å²) < 4.78 is 3.04. The fourth-order valence-electron chi connectivity index (χ4n) is 3.83. The standard InChI is InChI=1S/C15H25N5S/c21-15-17-16-14(20(15)13-3-4-13)19-9-5-12(6-10-19)11-18-7-1-2-8-18/h12-13H,1-11H2,(H,17,21). The molecule has 1 aromatic heterocycles. The first-order valence-corrected chi connectivity index (χ1v) is 8.86. The van der Waals surface area contributed by atoms with Gasteiger partial charge in [-0.3, -0.25) is 4.57 Å². The molecule has 0 amide bonds. The van der Waals surface area contributed by atoms with E-state index in [2.05, 4.69) is 24.6 Å². The van der Waals surface area contributed by atoms with Crippen LogP contribution in [0.2, 0.25) is 0 Å². The average Bonchev–Trinajstić information content (AvgIpc) is 3.06. The van der Waals surface area contributed by atoms with Crippen LogP contribution in [0.5, 0.6) is 0 Å². The lowest BCUT2D eigenvalue weighted by atomic mass is 9.96. The van der Waals surface area contributed by atoms with Gasteiger partial charge in [0.2, 0.25) is 5.95 Å². The zero-order valence-corrected chi connectivity index (χ0v) is 13.4. The molecule has 116 valence electrons. The Morgan fingerprint density at radius 1 is 1.05 bits per heavy atom. The molecule has 0 bridgehead atoms. The van der Waals surface area contributed by atoms with Gasteiger partial charge in [0, 0.05) is 25.7 Å². The first-order chi connectivity index (χ1) is 10.3. The number of hydrogen-bond acceptors (Lipinski definition) is 4. The zero-order chi connectivity index (χ0) is 14.2. The minimum atomic E-state index is 0.605. The summed E-state index contributed by atoms with van der Waals surface area (Å²) in [6, 6.07) is 0.605. The van der Waals surface area contributed by atoms with Gasteiger partial charge in [0.25, 0.3) is 0 Å². The summed E-state index contributed by atoms with van der Waals surface area (Å²) in [4.78, 5) is 5.09. The molecule has 0 spiro atoms. The minimum Gasteiger partial charge on any atom is -0.341 e. The van der Waals surface area contributed by atoms with Gasteiger partial charge in [-0.15, -0.1) is 5.10 Å². The first-order valence-electron chi connectivity index (χ1n) is 8.45. The number of nitrogens with one attached hydrogen (secondary N) is 1. The largest absolute Gasteiger partial charge is 0.341 e. The van der Waals surface area contributed by atoms with Crippen molar-refractivity contribution in [2.75, 3.05) is 37.6 Å². The second kappa shape index (κ2) is 5.72. The Hall–Kier alpha value is -0.880. The van der Waals surface area contributed by atoms with Crippen molar-refractivity contribution in [3.05, 3.63) is 4.77 Å². The Kier molecular flexibility index (Phi) is 3.75. The second-order valence-corrected chi connectivity index (χ2v) is 7.25. The zero-order valence-electron chi connectivity index (χ0n) is 12.6. The number of anilines is 1. The van der Waals surface area contributed by atoms with Crippen molar-refractivity contribution in [3.8, 4) is 0 Å². The second-order valence-electron chi connectivity index (χ2n) is 6.87. The van der Waals surface area contributed by atoms with Gasteiger partial charge in [-0.25, -0.2) is 5.10 Å². The van der Waals surface area contributed by atoms with Crippen LogP contribution < -0.4 is 4.90 Å². The molecule has 5 nitrogen and oxygen atoms in total. The lowest BCUT2D eigenvalue weighted by Crippen LogP contribution is -2.39. The van der Waals surface area contributed by atoms with Crippen molar-refractivity contribution in [1.82, 2.24) is 19.7 Å². The highest BCUT2D eigenvalue weighted by Crippen LogP contribution is 2.38. The number of aromatic amines is 1. The highest BCUT2D eigenvalue weighted by molar-refractivity contribution is 7.71. The van der Waals surface area contributed by atoms with Crippen LogP contribution in [0.4, 0.5) is 5.95 Å². The topological polar surface area (TPSA) is 40.1 Å². The van der Waals surface area contributed by atoms with Crippen molar-refractivity contribution in [1.29, 1.82) is 0 Å². The van der Waals surface area contributed by atoms with Crippen molar-refractivity contribution in [2.45, 2.75) is 44.6 Å². The molecule has 1 aromatic rings. The quantitative estimate of drug-likeness (QED) is 0.868. The van der Waals surface area contributed by atoms with Gasteiger partial charge in [-0.1, -0.05) is 0 Å². The van der Waals surface area contributed by atoms with E-state index in [0.717, 1.165) is 29.7 Å². The number of rotatable bonds is 4. The number of piperidine rings is 1. The third-order valence-electron chi connectivity index (χ3n) is 5.21. The van der Waals surface area contributed by atoms with Crippen molar-refractivity contribution in [2.24, 2.45) is 5.92 Å². The summed E-state index contributed by atoms with van der Waals surface area (Å²) in [5.41, 5.74) is 0. The Balaban J connectivity index is 1.37. The number of aromatic nitrogens is 3. The smallest absolute Gasteiger partial charge is 0.225 e. The van der Waals surface area contributed by atoms with E-state index in [-0.39, 0.29) is 0 Å². The van der Waals surface area contributed by atoms with E-state index in [4.69, 9.17) is 12.2 Å². The van der Waals surface area contributed by atoms with Crippen LogP contribution in [0.3, 0.4) is 0 Å². The van der Waals surface area contributed by atoms with Gasteiger partial charge < -0.3 is 9.80 Å². The molecule has 21 heavy (non-hydrogen) atoms. The third-order valence-corrected chi connectivity index (χ3v) is 5.50. The molecular weight excluding hydrogens is 282 g/mol. The van der Waals surface area contributed by atoms with Gasteiger partial charge >= 0.3 is 0 Å². The molecule has 0 radical (unpaired) electrons. The lowest BCUT2D eigenvalue weighted by Gasteiger charge is -2.34. The molecule has 1 N–H and O–H groups in total. The molecule has 3 fully saturated rings. The SMILES string of the molecule is S=c1[nH]nc(N2CCC(CN3CCCC3)CC2)n1C1CC1. The van der Waals surface area contributed by atoms with E-state index in [1.54, 1.807) is 0 Å². The Bertz CT molecular complexity index is 533. The predicted octanol–water partition coefficient (Wildman–Crippen LogP) is 2.59. The van der Waals surface area contributed by atoms with Crippen molar-refractivity contribution in [3.63, 3.8) is 0 Å². The van der Waals surface area contributed by atoms with E-state index in [1.165, 1.54) is 58.2 Å². The molecule has 6 heteroatoms. The van der Waals surface area contributed by atoms with Crippen molar-refractivity contribution >= 4 is 18.2 Å². The van der Waals surface area contributed by atoms with E-state index >= 15 is 0 Å². The molecule has 2 saturated heterocycles. The predicted molar refractivity (Wildman–Crippen MR) is 86.3 cm³/mol. The normalized spacial score (nSPS) is 24.9. The molecule has 1 saturated carbocycles. The molecule has 0 atom stereocenters. The lowest BCUT2D eigenvalue weighted by molar-refractivity contribution is 0.248. The number of nitrogens with zero attached hydrogens (tertiary/aromatic N) is 4. The Labute approximate surface area is 131 Å². The van der Waals surface area contributed by atoms with Crippen LogP contribution in [-0.2, 0) is 0 Å². The van der Waals surface area contributed by atoms with Crippen LogP contribution in [0.15, 0.2) is 0 Å². The van der Waals surface area contributed by atoms with E-state index < -0.39 is 0 Å². The molecule has 1 aliphatic carbocycles. The van der Waals surface area contributed by atoms with Crippen molar-refractivity contribution < 1.29 is 0 Å².